The van der Waals surface area contributed by atoms with Crippen LogP contribution in [-0.4, -0.2) is 31.8 Å². The van der Waals surface area contributed by atoms with Gasteiger partial charge in [0, 0.05) is 32.3 Å². The van der Waals surface area contributed by atoms with Crippen LogP contribution in [0.1, 0.15) is 24.0 Å². The Morgan fingerprint density at radius 2 is 2.06 bits per heavy atom. The first kappa shape index (κ1) is 12.2. The summed E-state index contributed by atoms with van der Waals surface area (Å²) >= 11 is 0. The van der Waals surface area contributed by atoms with Crippen LogP contribution in [0.25, 0.3) is 0 Å². The number of rotatable bonds is 4. The molecule has 1 aromatic carbocycles. The monoisotopic (exact) mass is 246 g/mol. The van der Waals surface area contributed by atoms with E-state index in [-0.39, 0.29) is 0 Å². The summed E-state index contributed by atoms with van der Waals surface area (Å²) in [5.74, 6) is 0. The Labute approximate surface area is 109 Å². The summed E-state index contributed by atoms with van der Waals surface area (Å²) in [7, 11) is 1.81. The zero-order chi connectivity index (χ0) is 12.4. The van der Waals surface area contributed by atoms with Crippen LogP contribution in [0.2, 0.25) is 0 Å². The lowest BCUT2D eigenvalue weighted by Crippen LogP contribution is -2.51. The zero-order valence-corrected chi connectivity index (χ0v) is 11.0. The maximum atomic E-state index is 5.30. The Balaban J connectivity index is 1.46. The van der Waals surface area contributed by atoms with Crippen molar-refractivity contribution >= 4 is 0 Å². The molecular formula is C15H22N2O. The standard InChI is InChI=1S/C15H22N2O/c1-18-15-7-13(8-15)17-10-14-6-11-4-2-3-5-12(11)9-16-14/h2-5,13-17H,6-10H2,1H3. The topological polar surface area (TPSA) is 33.3 Å². The van der Waals surface area contributed by atoms with Crippen LogP contribution in [0.5, 0.6) is 0 Å². The maximum absolute atomic E-state index is 5.30. The zero-order valence-electron chi connectivity index (χ0n) is 11.0. The Morgan fingerprint density at radius 1 is 1.28 bits per heavy atom. The molecule has 2 N–H and O–H groups in total. The Hall–Kier alpha value is -0.900. The fourth-order valence-corrected chi connectivity index (χ4v) is 2.90. The summed E-state index contributed by atoms with van der Waals surface area (Å²) in [6.07, 6.45) is 3.96. The van der Waals surface area contributed by atoms with Crippen molar-refractivity contribution in [3.05, 3.63) is 35.4 Å². The molecule has 1 aromatic rings. The van der Waals surface area contributed by atoms with Crippen molar-refractivity contribution in [1.29, 1.82) is 0 Å². The highest BCUT2D eigenvalue weighted by molar-refractivity contribution is 5.29. The van der Waals surface area contributed by atoms with Gasteiger partial charge in [-0.1, -0.05) is 24.3 Å². The molecule has 1 atom stereocenters. The molecule has 0 aromatic heterocycles. The highest BCUT2D eigenvalue weighted by Crippen LogP contribution is 2.23. The van der Waals surface area contributed by atoms with Crippen molar-refractivity contribution in [1.82, 2.24) is 10.6 Å². The summed E-state index contributed by atoms with van der Waals surface area (Å²) in [4.78, 5) is 0. The lowest BCUT2D eigenvalue weighted by Gasteiger charge is -2.36. The predicted molar refractivity (Wildman–Crippen MR) is 72.6 cm³/mol. The van der Waals surface area contributed by atoms with Crippen molar-refractivity contribution in [3.63, 3.8) is 0 Å². The number of nitrogens with one attached hydrogen (secondary N) is 2. The minimum Gasteiger partial charge on any atom is -0.381 e. The summed E-state index contributed by atoms with van der Waals surface area (Å²) < 4.78 is 5.30. The first-order valence-electron chi connectivity index (χ1n) is 6.91. The van der Waals surface area contributed by atoms with Crippen LogP contribution in [0.4, 0.5) is 0 Å². The number of methoxy groups -OCH3 is 1. The SMILES string of the molecule is COC1CC(NCC2Cc3ccccc3CN2)C1. The van der Waals surface area contributed by atoms with Crippen LogP contribution in [0.15, 0.2) is 24.3 Å². The maximum Gasteiger partial charge on any atom is 0.0601 e. The molecule has 0 amide bonds. The normalized spacial score (nSPS) is 30.6. The highest BCUT2D eigenvalue weighted by Gasteiger charge is 2.29. The van der Waals surface area contributed by atoms with E-state index in [1.165, 1.54) is 24.0 Å². The number of hydrogen-bond donors (Lipinski definition) is 2. The average Bonchev–Trinajstić information content (AvgIpc) is 2.37. The third-order valence-corrected chi connectivity index (χ3v) is 4.25. The number of benzene rings is 1. The molecule has 3 heteroatoms. The van der Waals surface area contributed by atoms with Crippen LogP contribution in [-0.2, 0) is 17.7 Å². The molecule has 0 bridgehead atoms. The Morgan fingerprint density at radius 3 is 2.83 bits per heavy atom. The van der Waals surface area contributed by atoms with Gasteiger partial charge in [0.2, 0.25) is 0 Å². The van der Waals surface area contributed by atoms with E-state index >= 15 is 0 Å². The van der Waals surface area contributed by atoms with Gasteiger partial charge in [0.1, 0.15) is 0 Å². The van der Waals surface area contributed by atoms with Crippen molar-refractivity contribution in [3.8, 4) is 0 Å². The van der Waals surface area contributed by atoms with Gasteiger partial charge in [-0.25, -0.2) is 0 Å². The smallest absolute Gasteiger partial charge is 0.0601 e. The largest absolute Gasteiger partial charge is 0.381 e. The second-order valence-corrected chi connectivity index (χ2v) is 5.48. The second kappa shape index (κ2) is 5.39. The molecule has 2 aliphatic rings. The van der Waals surface area contributed by atoms with Gasteiger partial charge in [-0.3, -0.25) is 0 Å². The van der Waals surface area contributed by atoms with Crippen molar-refractivity contribution in [2.75, 3.05) is 13.7 Å². The molecule has 0 radical (unpaired) electrons. The molecule has 98 valence electrons. The summed E-state index contributed by atoms with van der Waals surface area (Å²) in [5, 5.41) is 7.25. The molecule has 18 heavy (non-hydrogen) atoms. The third-order valence-electron chi connectivity index (χ3n) is 4.25. The van der Waals surface area contributed by atoms with Gasteiger partial charge in [0.25, 0.3) is 0 Å². The van der Waals surface area contributed by atoms with Crippen LogP contribution in [0, 0.1) is 0 Å². The fraction of sp³-hybridized carbons (Fsp3) is 0.600. The lowest BCUT2D eigenvalue weighted by molar-refractivity contribution is 0.0169. The van der Waals surface area contributed by atoms with Crippen molar-refractivity contribution in [2.45, 2.75) is 44.0 Å². The van der Waals surface area contributed by atoms with E-state index in [9.17, 15) is 0 Å². The highest BCUT2D eigenvalue weighted by atomic mass is 16.5. The quantitative estimate of drug-likeness (QED) is 0.844. The van der Waals surface area contributed by atoms with Crippen LogP contribution in [0.3, 0.4) is 0 Å². The molecule has 0 saturated heterocycles. The number of ether oxygens (including phenoxy) is 1. The summed E-state index contributed by atoms with van der Waals surface area (Å²) in [6, 6.07) is 9.98. The van der Waals surface area contributed by atoms with Crippen LogP contribution < -0.4 is 10.6 Å². The van der Waals surface area contributed by atoms with Gasteiger partial charge in [-0.2, -0.15) is 0 Å². The molecule has 1 heterocycles. The Kier molecular flexibility index (Phi) is 3.64. The first-order chi connectivity index (χ1) is 8.85. The Bertz CT molecular complexity index is 401. The van der Waals surface area contributed by atoms with Gasteiger partial charge in [0.05, 0.1) is 6.10 Å². The molecule has 1 saturated carbocycles. The third kappa shape index (κ3) is 2.58. The summed E-state index contributed by atoms with van der Waals surface area (Å²) in [5.41, 5.74) is 2.96. The molecule has 1 aliphatic carbocycles. The molecule has 1 fully saturated rings. The van der Waals surface area contributed by atoms with Crippen LogP contribution >= 0.6 is 0 Å². The minimum absolute atomic E-state index is 0.488. The van der Waals surface area contributed by atoms with E-state index in [2.05, 4.69) is 34.9 Å². The van der Waals surface area contributed by atoms with E-state index in [0.29, 0.717) is 18.2 Å². The predicted octanol–water partition coefficient (Wildman–Crippen LogP) is 1.47. The van der Waals surface area contributed by atoms with E-state index < -0.39 is 0 Å². The minimum atomic E-state index is 0.488. The van der Waals surface area contributed by atoms with Crippen molar-refractivity contribution < 1.29 is 4.74 Å². The fourth-order valence-electron chi connectivity index (χ4n) is 2.90. The first-order valence-corrected chi connectivity index (χ1v) is 6.91. The van der Waals surface area contributed by atoms with Gasteiger partial charge in [-0.15, -0.1) is 0 Å². The van der Waals surface area contributed by atoms with E-state index in [1.54, 1.807) is 7.11 Å². The van der Waals surface area contributed by atoms with E-state index in [0.717, 1.165) is 19.5 Å². The molecule has 3 nitrogen and oxygen atoms in total. The molecular weight excluding hydrogens is 224 g/mol. The lowest BCUT2D eigenvalue weighted by atomic mass is 9.88. The molecule has 1 unspecified atom stereocenters. The van der Waals surface area contributed by atoms with E-state index in [1.807, 2.05) is 0 Å². The van der Waals surface area contributed by atoms with Gasteiger partial charge in [-0.05, 0) is 30.4 Å². The molecule has 0 spiro atoms. The molecule has 3 rings (SSSR count). The number of fused-ring (bicyclic) bond motifs is 1. The number of hydrogen-bond acceptors (Lipinski definition) is 3. The van der Waals surface area contributed by atoms with Gasteiger partial charge in [0.15, 0.2) is 0 Å². The molecule has 1 aliphatic heterocycles. The van der Waals surface area contributed by atoms with Gasteiger partial charge >= 0.3 is 0 Å². The summed E-state index contributed by atoms with van der Waals surface area (Å²) in [6.45, 7) is 2.07. The average molecular weight is 246 g/mol. The van der Waals surface area contributed by atoms with Gasteiger partial charge < -0.3 is 15.4 Å². The van der Waals surface area contributed by atoms with Crippen molar-refractivity contribution in [2.24, 2.45) is 0 Å². The van der Waals surface area contributed by atoms with E-state index in [4.69, 9.17) is 4.74 Å². The second-order valence-electron chi connectivity index (χ2n) is 5.48.